The Hall–Kier alpha value is -1.14. The van der Waals surface area contributed by atoms with Crippen LogP contribution in [0.4, 0.5) is 11.6 Å². The molecule has 2 aromatic heterocycles. The van der Waals surface area contributed by atoms with E-state index in [0.717, 1.165) is 29.2 Å². The molecule has 0 aliphatic rings. The summed E-state index contributed by atoms with van der Waals surface area (Å²) in [4.78, 5) is 9.88. The summed E-state index contributed by atoms with van der Waals surface area (Å²) in [5.41, 5.74) is 0.0664. The number of nitrogens with one attached hydrogen (secondary N) is 2. The molecular weight excluding hydrogens is 336 g/mol. The van der Waals surface area contributed by atoms with Crippen molar-refractivity contribution in [2.75, 3.05) is 23.7 Å². The van der Waals surface area contributed by atoms with Crippen molar-refractivity contribution in [3.8, 4) is 0 Å². The lowest BCUT2D eigenvalue weighted by Crippen LogP contribution is -2.27. The molecule has 2 rings (SSSR count). The Kier molecular flexibility index (Phi) is 4.99. The summed E-state index contributed by atoms with van der Waals surface area (Å²) in [5.74, 6) is 1.64. The Morgan fingerprint density at radius 1 is 1.25 bits per heavy atom. The van der Waals surface area contributed by atoms with E-state index in [2.05, 4.69) is 67.9 Å². The predicted octanol–water partition coefficient (Wildman–Crippen LogP) is 4.12. The Labute approximate surface area is 132 Å². The van der Waals surface area contributed by atoms with Gasteiger partial charge in [0.1, 0.15) is 22.4 Å². The molecule has 0 spiro atoms. The number of rotatable bonds is 6. The highest BCUT2D eigenvalue weighted by Gasteiger charge is 2.22. The van der Waals surface area contributed by atoms with Crippen LogP contribution in [0.2, 0.25) is 0 Å². The van der Waals surface area contributed by atoms with E-state index in [1.165, 1.54) is 4.88 Å². The lowest BCUT2D eigenvalue weighted by molar-refractivity contribution is 0.568. The molecule has 0 amide bonds. The molecule has 0 bridgehead atoms. The highest BCUT2D eigenvalue weighted by molar-refractivity contribution is 9.10. The van der Waals surface area contributed by atoms with Crippen molar-refractivity contribution in [2.45, 2.75) is 26.2 Å². The molecule has 2 aromatic rings. The van der Waals surface area contributed by atoms with Crippen molar-refractivity contribution in [3.63, 3.8) is 0 Å². The molecule has 6 heteroatoms. The maximum atomic E-state index is 4.30. The first-order valence-electron chi connectivity index (χ1n) is 6.57. The number of nitrogens with zero attached hydrogens (tertiary/aromatic N) is 2. The van der Waals surface area contributed by atoms with Gasteiger partial charge in [-0.1, -0.05) is 19.9 Å². The molecule has 20 heavy (non-hydrogen) atoms. The van der Waals surface area contributed by atoms with Gasteiger partial charge in [-0.25, -0.2) is 9.97 Å². The molecule has 0 aromatic carbocycles. The Morgan fingerprint density at radius 3 is 2.55 bits per heavy atom. The van der Waals surface area contributed by atoms with E-state index < -0.39 is 0 Å². The monoisotopic (exact) mass is 354 g/mol. The number of hydrogen-bond donors (Lipinski definition) is 2. The van der Waals surface area contributed by atoms with E-state index in [0.29, 0.717) is 0 Å². The van der Waals surface area contributed by atoms with E-state index >= 15 is 0 Å². The van der Waals surface area contributed by atoms with Gasteiger partial charge in [0.2, 0.25) is 0 Å². The zero-order valence-corrected chi connectivity index (χ0v) is 14.3. The van der Waals surface area contributed by atoms with Crippen molar-refractivity contribution in [1.29, 1.82) is 0 Å². The van der Waals surface area contributed by atoms with Crippen LogP contribution in [0.5, 0.6) is 0 Å². The Morgan fingerprint density at radius 2 is 1.95 bits per heavy atom. The van der Waals surface area contributed by atoms with Gasteiger partial charge in [-0.3, -0.25) is 0 Å². The van der Waals surface area contributed by atoms with Crippen LogP contribution in [0.3, 0.4) is 0 Å². The van der Waals surface area contributed by atoms with E-state index in [9.17, 15) is 0 Å². The van der Waals surface area contributed by atoms with Crippen LogP contribution in [0.25, 0.3) is 0 Å². The molecule has 0 saturated carbocycles. The molecule has 0 saturated heterocycles. The average molecular weight is 355 g/mol. The third-order valence-corrected chi connectivity index (χ3v) is 5.01. The second-order valence-corrected chi connectivity index (χ2v) is 6.87. The number of hydrogen-bond acceptors (Lipinski definition) is 5. The fourth-order valence-corrected chi connectivity index (χ4v) is 3.18. The fraction of sp³-hybridized carbons (Fsp3) is 0.429. The molecule has 108 valence electrons. The molecule has 0 unspecified atom stereocenters. The van der Waals surface area contributed by atoms with Crippen molar-refractivity contribution >= 4 is 38.9 Å². The maximum absolute atomic E-state index is 4.30. The molecule has 2 N–H and O–H groups in total. The summed E-state index contributed by atoms with van der Waals surface area (Å²) < 4.78 is 0.879. The first-order chi connectivity index (χ1) is 9.54. The molecule has 0 aliphatic heterocycles. The maximum Gasteiger partial charge on any atom is 0.145 e. The predicted molar refractivity (Wildman–Crippen MR) is 89.7 cm³/mol. The van der Waals surface area contributed by atoms with Crippen LogP contribution < -0.4 is 10.6 Å². The fourth-order valence-electron chi connectivity index (χ4n) is 1.84. The lowest BCUT2D eigenvalue weighted by atomic mass is 9.91. The van der Waals surface area contributed by atoms with Gasteiger partial charge < -0.3 is 10.6 Å². The summed E-state index contributed by atoms with van der Waals surface area (Å²) in [6.45, 7) is 8.14. The topological polar surface area (TPSA) is 49.8 Å². The standard InChI is InChI=1S/C14H19BrN4S/c1-4-16-12-11(15)13(19-9-18-12)17-8-14(2,3)10-6-5-7-20-10/h5-7,9H,4,8H2,1-3H3,(H2,16,17,18,19). The van der Waals surface area contributed by atoms with Crippen molar-refractivity contribution in [1.82, 2.24) is 9.97 Å². The molecule has 4 nitrogen and oxygen atoms in total. The second-order valence-electron chi connectivity index (χ2n) is 5.13. The van der Waals surface area contributed by atoms with Crippen molar-refractivity contribution in [3.05, 3.63) is 33.2 Å². The van der Waals surface area contributed by atoms with E-state index in [-0.39, 0.29) is 5.41 Å². The Balaban J connectivity index is 2.09. The van der Waals surface area contributed by atoms with Gasteiger partial charge in [0, 0.05) is 23.4 Å². The highest BCUT2D eigenvalue weighted by atomic mass is 79.9. The minimum Gasteiger partial charge on any atom is -0.369 e. The van der Waals surface area contributed by atoms with Crippen LogP contribution in [0, 0.1) is 0 Å². The summed E-state index contributed by atoms with van der Waals surface area (Å²) in [6.07, 6.45) is 1.57. The smallest absolute Gasteiger partial charge is 0.145 e. The Bertz CT molecular complexity index is 554. The molecule has 0 aliphatic carbocycles. The van der Waals surface area contributed by atoms with Crippen LogP contribution in [0.1, 0.15) is 25.6 Å². The SMILES string of the molecule is CCNc1ncnc(NCC(C)(C)c2cccs2)c1Br. The minimum atomic E-state index is 0.0664. The third kappa shape index (κ3) is 3.49. The van der Waals surface area contributed by atoms with E-state index in [4.69, 9.17) is 0 Å². The van der Waals surface area contributed by atoms with Gasteiger partial charge in [-0.2, -0.15) is 0 Å². The van der Waals surface area contributed by atoms with E-state index in [1.54, 1.807) is 17.7 Å². The summed E-state index contributed by atoms with van der Waals surface area (Å²) in [7, 11) is 0. The van der Waals surface area contributed by atoms with Crippen LogP contribution in [0.15, 0.2) is 28.3 Å². The van der Waals surface area contributed by atoms with Crippen LogP contribution >= 0.6 is 27.3 Å². The van der Waals surface area contributed by atoms with Crippen molar-refractivity contribution < 1.29 is 0 Å². The molecule has 0 fully saturated rings. The summed E-state index contributed by atoms with van der Waals surface area (Å²) >= 11 is 5.34. The number of aromatic nitrogens is 2. The number of thiophene rings is 1. The molecule has 2 heterocycles. The number of halogens is 1. The molecular formula is C14H19BrN4S. The first-order valence-corrected chi connectivity index (χ1v) is 8.24. The van der Waals surface area contributed by atoms with Gasteiger partial charge in [-0.05, 0) is 34.3 Å². The number of anilines is 2. The lowest BCUT2D eigenvalue weighted by Gasteiger charge is -2.24. The van der Waals surface area contributed by atoms with Crippen LogP contribution in [-0.4, -0.2) is 23.1 Å². The van der Waals surface area contributed by atoms with Gasteiger partial charge in [-0.15, -0.1) is 11.3 Å². The van der Waals surface area contributed by atoms with Gasteiger partial charge in [0.25, 0.3) is 0 Å². The molecule has 0 atom stereocenters. The van der Waals surface area contributed by atoms with Gasteiger partial charge in [0.15, 0.2) is 0 Å². The zero-order valence-electron chi connectivity index (χ0n) is 11.9. The summed E-state index contributed by atoms with van der Waals surface area (Å²) in [6, 6.07) is 4.26. The minimum absolute atomic E-state index is 0.0664. The third-order valence-electron chi connectivity index (χ3n) is 3.02. The zero-order chi connectivity index (χ0) is 14.6. The second kappa shape index (κ2) is 6.54. The van der Waals surface area contributed by atoms with Crippen molar-refractivity contribution in [2.24, 2.45) is 0 Å². The summed E-state index contributed by atoms with van der Waals surface area (Å²) in [5, 5.41) is 8.73. The largest absolute Gasteiger partial charge is 0.369 e. The average Bonchev–Trinajstić information content (AvgIpc) is 2.95. The highest BCUT2D eigenvalue weighted by Crippen LogP contribution is 2.30. The molecule has 0 radical (unpaired) electrons. The van der Waals surface area contributed by atoms with E-state index in [1.807, 2.05) is 6.92 Å². The van der Waals surface area contributed by atoms with Gasteiger partial charge >= 0.3 is 0 Å². The first kappa shape index (κ1) is 15.3. The quantitative estimate of drug-likeness (QED) is 0.818. The van der Waals surface area contributed by atoms with Gasteiger partial charge in [0.05, 0.1) is 0 Å². The normalized spacial score (nSPS) is 11.4. The van der Waals surface area contributed by atoms with Crippen LogP contribution in [-0.2, 0) is 5.41 Å².